The van der Waals surface area contributed by atoms with E-state index in [9.17, 15) is 23.6 Å². The Morgan fingerprint density at radius 3 is 2.42 bits per heavy atom. The first-order chi connectivity index (χ1) is 8.91. The summed E-state index contributed by atoms with van der Waals surface area (Å²) in [6.07, 6.45) is 0. The standard InChI is InChI=1S/C13H13NO4S/c1-2-19(17,18)11-10(9-6-4-3-5-7-9)13(11,8-14)12(15)16/h3-7,10-11H,2H2,1H3,(H,15,16)/t10-,11+,13-/m1/s1. The zero-order valence-corrected chi connectivity index (χ0v) is 11.1. The topological polar surface area (TPSA) is 95.2 Å². The molecule has 1 aliphatic carbocycles. The monoisotopic (exact) mass is 279 g/mol. The van der Waals surface area contributed by atoms with Gasteiger partial charge in [-0.3, -0.25) is 4.79 Å². The van der Waals surface area contributed by atoms with Crippen LogP contribution in [0.25, 0.3) is 0 Å². The zero-order valence-electron chi connectivity index (χ0n) is 10.3. The Kier molecular flexibility index (Phi) is 3.11. The predicted molar refractivity (Wildman–Crippen MR) is 68.1 cm³/mol. The van der Waals surface area contributed by atoms with Crippen LogP contribution >= 0.6 is 0 Å². The molecule has 1 aromatic carbocycles. The number of carboxylic acid groups (broad SMARTS) is 1. The van der Waals surface area contributed by atoms with Crippen LogP contribution < -0.4 is 0 Å². The van der Waals surface area contributed by atoms with Gasteiger partial charge in [0.05, 0.1) is 6.07 Å². The van der Waals surface area contributed by atoms with Gasteiger partial charge in [0, 0.05) is 11.7 Å². The molecule has 1 fully saturated rings. The van der Waals surface area contributed by atoms with E-state index in [1.807, 2.05) is 0 Å². The van der Waals surface area contributed by atoms with Gasteiger partial charge in [-0.15, -0.1) is 0 Å². The Morgan fingerprint density at radius 2 is 2.00 bits per heavy atom. The third-order valence-electron chi connectivity index (χ3n) is 3.62. The predicted octanol–water partition coefficient (Wildman–Crippen LogP) is 1.18. The van der Waals surface area contributed by atoms with Crippen molar-refractivity contribution in [3.8, 4) is 6.07 Å². The third kappa shape index (κ3) is 1.81. The van der Waals surface area contributed by atoms with Crippen molar-refractivity contribution in [2.24, 2.45) is 5.41 Å². The summed E-state index contributed by atoms with van der Waals surface area (Å²) < 4.78 is 24.0. The summed E-state index contributed by atoms with van der Waals surface area (Å²) in [5.41, 5.74) is -1.27. The fourth-order valence-electron chi connectivity index (χ4n) is 2.56. The van der Waals surface area contributed by atoms with E-state index in [0.29, 0.717) is 5.56 Å². The smallest absolute Gasteiger partial charge is 0.326 e. The first kappa shape index (κ1) is 13.6. The van der Waals surface area contributed by atoms with Crippen molar-refractivity contribution in [2.45, 2.75) is 18.1 Å². The van der Waals surface area contributed by atoms with Gasteiger partial charge in [0.15, 0.2) is 15.3 Å². The molecular formula is C13H13NO4S. The molecule has 0 amide bonds. The first-order valence-corrected chi connectivity index (χ1v) is 7.54. The zero-order chi connectivity index (χ0) is 14.3. The lowest BCUT2D eigenvalue weighted by molar-refractivity contribution is -0.141. The maximum absolute atomic E-state index is 12.0. The number of sulfone groups is 1. The van der Waals surface area contributed by atoms with Crippen LogP contribution in [0.15, 0.2) is 30.3 Å². The molecule has 19 heavy (non-hydrogen) atoms. The molecule has 3 atom stereocenters. The van der Waals surface area contributed by atoms with Gasteiger partial charge in [-0.2, -0.15) is 5.26 Å². The molecule has 1 N–H and O–H groups in total. The van der Waals surface area contributed by atoms with Gasteiger partial charge < -0.3 is 5.11 Å². The molecule has 2 rings (SSSR count). The minimum atomic E-state index is -3.59. The molecule has 0 radical (unpaired) electrons. The van der Waals surface area contributed by atoms with Crippen molar-refractivity contribution in [1.29, 1.82) is 5.26 Å². The largest absolute Gasteiger partial charge is 0.480 e. The number of hydrogen-bond donors (Lipinski definition) is 1. The number of benzene rings is 1. The van der Waals surface area contributed by atoms with Gasteiger partial charge in [-0.05, 0) is 5.56 Å². The molecule has 1 aliphatic rings. The lowest BCUT2D eigenvalue weighted by Crippen LogP contribution is -2.23. The number of nitriles is 1. The number of rotatable bonds is 4. The highest BCUT2D eigenvalue weighted by atomic mass is 32.2. The highest BCUT2D eigenvalue weighted by Gasteiger charge is 2.76. The maximum atomic E-state index is 12.0. The van der Waals surface area contributed by atoms with Crippen LogP contribution in [0.4, 0.5) is 0 Å². The molecule has 0 bridgehead atoms. The van der Waals surface area contributed by atoms with Crippen molar-refractivity contribution >= 4 is 15.8 Å². The van der Waals surface area contributed by atoms with Crippen LogP contribution in [0, 0.1) is 16.7 Å². The highest BCUT2D eigenvalue weighted by Crippen LogP contribution is 2.62. The third-order valence-corrected chi connectivity index (χ3v) is 5.84. The van der Waals surface area contributed by atoms with Crippen LogP contribution in [0.1, 0.15) is 18.4 Å². The highest BCUT2D eigenvalue weighted by molar-refractivity contribution is 7.92. The van der Waals surface area contributed by atoms with Gasteiger partial charge in [-0.1, -0.05) is 37.3 Å². The van der Waals surface area contributed by atoms with Crippen LogP contribution in [0.2, 0.25) is 0 Å². The number of nitrogens with zero attached hydrogens (tertiary/aromatic N) is 1. The minimum Gasteiger partial charge on any atom is -0.480 e. The lowest BCUT2D eigenvalue weighted by atomic mass is 10.0. The van der Waals surface area contributed by atoms with Gasteiger partial charge in [0.25, 0.3) is 0 Å². The number of carboxylic acids is 1. The van der Waals surface area contributed by atoms with Crippen molar-refractivity contribution in [1.82, 2.24) is 0 Å². The molecule has 1 aromatic rings. The average Bonchev–Trinajstić information content (AvgIpc) is 3.11. The lowest BCUT2D eigenvalue weighted by Gasteiger charge is -2.01. The first-order valence-electron chi connectivity index (χ1n) is 5.83. The fourth-order valence-corrected chi connectivity index (χ4v) is 4.49. The molecular weight excluding hydrogens is 266 g/mol. The molecule has 0 saturated heterocycles. The second-order valence-electron chi connectivity index (χ2n) is 4.55. The Bertz CT molecular complexity index is 647. The number of aliphatic carboxylic acids is 1. The van der Waals surface area contributed by atoms with Crippen LogP contribution in [0.3, 0.4) is 0 Å². The summed E-state index contributed by atoms with van der Waals surface area (Å²) in [7, 11) is -3.59. The number of carbonyl (C=O) groups is 1. The van der Waals surface area contributed by atoms with Crippen LogP contribution in [0.5, 0.6) is 0 Å². The van der Waals surface area contributed by atoms with E-state index in [1.54, 1.807) is 36.4 Å². The summed E-state index contributed by atoms with van der Waals surface area (Å²) in [4.78, 5) is 11.4. The van der Waals surface area contributed by atoms with E-state index in [2.05, 4.69) is 0 Å². The molecule has 0 heterocycles. The number of hydrogen-bond acceptors (Lipinski definition) is 4. The molecule has 5 nitrogen and oxygen atoms in total. The van der Waals surface area contributed by atoms with Crippen molar-refractivity contribution in [3.05, 3.63) is 35.9 Å². The van der Waals surface area contributed by atoms with Crippen molar-refractivity contribution < 1.29 is 18.3 Å². The second kappa shape index (κ2) is 4.35. The summed E-state index contributed by atoms with van der Waals surface area (Å²) in [6.45, 7) is 1.46. The second-order valence-corrected chi connectivity index (χ2v) is 6.96. The van der Waals surface area contributed by atoms with Crippen molar-refractivity contribution in [2.75, 3.05) is 5.75 Å². The van der Waals surface area contributed by atoms with E-state index in [1.165, 1.54) is 6.92 Å². The van der Waals surface area contributed by atoms with E-state index < -0.39 is 32.4 Å². The average molecular weight is 279 g/mol. The van der Waals surface area contributed by atoms with E-state index >= 15 is 0 Å². The SMILES string of the molecule is CCS(=O)(=O)[C@H]1[C@@H](c2ccccc2)[C@@]1(C#N)C(=O)O. The van der Waals surface area contributed by atoms with Gasteiger partial charge >= 0.3 is 5.97 Å². The van der Waals surface area contributed by atoms with E-state index in [0.717, 1.165) is 0 Å². The minimum absolute atomic E-state index is 0.169. The van der Waals surface area contributed by atoms with Crippen molar-refractivity contribution in [3.63, 3.8) is 0 Å². The fraction of sp³-hybridized carbons (Fsp3) is 0.385. The molecule has 6 heteroatoms. The summed E-state index contributed by atoms with van der Waals surface area (Å²) in [5.74, 6) is -2.33. The quantitative estimate of drug-likeness (QED) is 0.893. The molecule has 0 aromatic heterocycles. The van der Waals surface area contributed by atoms with E-state index in [-0.39, 0.29) is 5.75 Å². The normalized spacial score (nSPS) is 29.5. The van der Waals surface area contributed by atoms with Gasteiger partial charge in [0.2, 0.25) is 0 Å². The van der Waals surface area contributed by atoms with Gasteiger partial charge in [-0.25, -0.2) is 8.42 Å². The Hall–Kier alpha value is -1.87. The van der Waals surface area contributed by atoms with E-state index in [4.69, 9.17) is 0 Å². The Labute approximate surface area is 111 Å². The van der Waals surface area contributed by atoms with Crippen LogP contribution in [-0.2, 0) is 14.6 Å². The summed E-state index contributed by atoms with van der Waals surface area (Å²) >= 11 is 0. The summed E-state index contributed by atoms with van der Waals surface area (Å²) in [5, 5.41) is 17.3. The summed E-state index contributed by atoms with van der Waals surface area (Å²) in [6, 6.07) is 10.2. The molecule has 0 spiro atoms. The maximum Gasteiger partial charge on any atom is 0.326 e. The molecule has 0 aliphatic heterocycles. The van der Waals surface area contributed by atoms with Gasteiger partial charge in [0.1, 0.15) is 5.25 Å². The Morgan fingerprint density at radius 1 is 1.42 bits per heavy atom. The van der Waals surface area contributed by atoms with Crippen LogP contribution in [-0.4, -0.2) is 30.5 Å². The molecule has 0 unspecified atom stereocenters. The molecule has 100 valence electrons. The molecule has 1 saturated carbocycles. The Balaban J connectivity index is 2.55.